The molecule has 0 aliphatic carbocycles. The van der Waals surface area contributed by atoms with Gasteiger partial charge in [-0.25, -0.2) is 4.98 Å². The third kappa shape index (κ3) is 3.90. The maximum atomic E-state index is 12.6. The molecule has 0 saturated carbocycles. The van der Waals surface area contributed by atoms with Crippen molar-refractivity contribution in [2.24, 2.45) is 5.92 Å². The normalized spacial score (nSPS) is 18.4. The first kappa shape index (κ1) is 16.0. The van der Waals surface area contributed by atoms with Gasteiger partial charge in [0.25, 0.3) is 0 Å². The molecule has 0 bridgehead atoms. The van der Waals surface area contributed by atoms with Gasteiger partial charge in [-0.05, 0) is 31.4 Å². The predicted octanol–water partition coefficient (Wildman–Crippen LogP) is 3.20. The molecule has 9 heteroatoms. The van der Waals surface area contributed by atoms with Gasteiger partial charge in [-0.1, -0.05) is 17.4 Å². The number of pyridine rings is 1. The molecule has 1 fully saturated rings. The number of rotatable bonds is 4. The average molecular weight is 343 g/mol. The summed E-state index contributed by atoms with van der Waals surface area (Å²) >= 11 is 0.601. The van der Waals surface area contributed by atoms with Gasteiger partial charge >= 0.3 is 6.18 Å². The van der Waals surface area contributed by atoms with E-state index in [1.54, 1.807) is 0 Å². The number of aryl methyl sites for hydroxylation is 1. The van der Waals surface area contributed by atoms with Crippen molar-refractivity contribution in [3.63, 3.8) is 0 Å². The molecule has 1 atom stereocenters. The Labute approximate surface area is 135 Å². The number of aromatic nitrogens is 3. The van der Waals surface area contributed by atoms with Gasteiger partial charge in [-0.3, -0.25) is 0 Å². The van der Waals surface area contributed by atoms with Crippen molar-refractivity contribution >= 4 is 22.3 Å². The first-order valence-corrected chi connectivity index (χ1v) is 8.06. The van der Waals surface area contributed by atoms with E-state index in [0.29, 0.717) is 35.5 Å². The zero-order chi connectivity index (χ0) is 16.4. The smallest absolute Gasteiger partial charge is 0.370 e. The lowest BCUT2D eigenvalue weighted by atomic mass is 10.1. The second kappa shape index (κ2) is 6.31. The average Bonchev–Trinajstić information content (AvgIpc) is 3.13. The van der Waals surface area contributed by atoms with Crippen LogP contribution in [0.25, 0.3) is 0 Å². The van der Waals surface area contributed by atoms with E-state index >= 15 is 0 Å². The molecule has 3 heterocycles. The van der Waals surface area contributed by atoms with Gasteiger partial charge in [-0.2, -0.15) is 13.2 Å². The van der Waals surface area contributed by atoms with Gasteiger partial charge in [0.2, 0.25) is 10.1 Å². The highest BCUT2D eigenvalue weighted by molar-refractivity contribution is 7.15. The van der Waals surface area contributed by atoms with Crippen molar-refractivity contribution < 1.29 is 13.2 Å². The lowest BCUT2D eigenvalue weighted by Gasteiger charge is -2.15. The fourth-order valence-corrected chi connectivity index (χ4v) is 3.27. The van der Waals surface area contributed by atoms with E-state index < -0.39 is 11.2 Å². The van der Waals surface area contributed by atoms with Crippen LogP contribution >= 0.6 is 11.3 Å². The monoisotopic (exact) mass is 343 g/mol. The number of hydrogen-bond donors (Lipinski definition) is 1. The summed E-state index contributed by atoms with van der Waals surface area (Å²) in [6, 6.07) is 5.77. The van der Waals surface area contributed by atoms with Crippen LogP contribution in [0, 0.1) is 12.8 Å². The summed E-state index contributed by atoms with van der Waals surface area (Å²) in [6.45, 7) is 4.03. The first-order valence-electron chi connectivity index (χ1n) is 7.25. The Bertz CT molecular complexity index is 672. The third-order valence-electron chi connectivity index (χ3n) is 3.67. The van der Waals surface area contributed by atoms with Crippen LogP contribution in [0.2, 0.25) is 0 Å². The summed E-state index contributed by atoms with van der Waals surface area (Å²) in [5.41, 5.74) is 0.941. The molecular weight excluding hydrogens is 327 g/mol. The molecule has 124 valence electrons. The lowest BCUT2D eigenvalue weighted by molar-refractivity contribution is -0.138. The Balaban J connectivity index is 1.55. The molecule has 0 radical (unpaired) electrons. The van der Waals surface area contributed by atoms with Gasteiger partial charge in [-0.15, -0.1) is 10.2 Å². The molecule has 23 heavy (non-hydrogen) atoms. The van der Waals surface area contributed by atoms with Crippen LogP contribution in [-0.2, 0) is 6.18 Å². The molecule has 0 unspecified atom stereocenters. The molecule has 1 aliphatic rings. The highest BCUT2D eigenvalue weighted by Gasteiger charge is 2.37. The van der Waals surface area contributed by atoms with E-state index in [-0.39, 0.29) is 0 Å². The van der Waals surface area contributed by atoms with E-state index in [9.17, 15) is 13.2 Å². The van der Waals surface area contributed by atoms with Crippen molar-refractivity contribution in [3.05, 3.63) is 28.9 Å². The Kier molecular flexibility index (Phi) is 4.38. The molecule has 1 aliphatic heterocycles. The van der Waals surface area contributed by atoms with E-state index in [1.165, 1.54) is 0 Å². The topological polar surface area (TPSA) is 53.9 Å². The lowest BCUT2D eigenvalue weighted by Crippen LogP contribution is -2.22. The molecular formula is C14H16F3N5S. The molecule has 1 saturated heterocycles. The van der Waals surface area contributed by atoms with E-state index in [0.717, 1.165) is 24.5 Å². The Morgan fingerprint density at radius 1 is 1.35 bits per heavy atom. The standard InChI is InChI=1S/C14H16F3N5S/c1-9-3-2-4-11(19-9)18-7-10-5-6-22(8-10)13-21-20-12(23-13)14(15,16)17/h2-4,10H,5-8H2,1H3,(H,18,19)/t10-/m1/s1. The highest BCUT2D eigenvalue weighted by Crippen LogP contribution is 2.35. The molecule has 0 aromatic carbocycles. The van der Waals surface area contributed by atoms with Gasteiger partial charge in [0.05, 0.1) is 0 Å². The second-order valence-corrected chi connectivity index (χ2v) is 6.49. The SMILES string of the molecule is Cc1cccc(NC[C@H]2CCN(c3nnc(C(F)(F)F)s3)C2)n1. The van der Waals surface area contributed by atoms with Crippen LogP contribution in [-0.4, -0.2) is 34.8 Å². The van der Waals surface area contributed by atoms with Crippen molar-refractivity contribution in [2.45, 2.75) is 19.5 Å². The molecule has 5 nitrogen and oxygen atoms in total. The Morgan fingerprint density at radius 3 is 2.87 bits per heavy atom. The zero-order valence-corrected chi connectivity index (χ0v) is 13.3. The van der Waals surface area contributed by atoms with Crippen molar-refractivity contribution in [1.29, 1.82) is 0 Å². The van der Waals surface area contributed by atoms with Crippen molar-refractivity contribution in [1.82, 2.24) is 15.2 Å². The quantitative estimate of drug-likeness (QED) is 0.924. The van der Waals surface area contributed by atoms with Crippen LogP contribution < -0.4 is 10.2 Å². The predicted molar refractivity (Wildman–Crippen MR) is 82.7 cm³/mol. The Hall–Kier alpha value is -1.90. The molecule has 2 aromatic heterocycles. The summed E-state index contributed by atoms with van der Waals surface area (Å²) in [6.07, 6.45) is -3.52. The number of hydrogen-bond acceptors (Lipinski definition) is 6. The Morgan fingerprint density at radius 2 is 2.17 bits per heavy atom. The van der Waals surface area contributed by atoms with Crippen LogP contribution in [0.4, 0.5) is 24.1 Å². The summed E-state index contributed by atoms with van der Waals surface area (Å²) in [4.78, 5) is 6.24. The van der Waals surface area contributed by atoms with E-state index in [1.807, 2.05) is 30.0 Å². The minimum Gasteiger partial charge on any atom is -0.370 e. The molecule has 3 rings (SSSR count). The highest BCUT2D eigenvalue weighted by atomic mass is 32.1. The van der Waals surface area contributed by atoms with Crippen LogP contribution in [0.15, 0.2) is 18.2 Å². The number of nitrogens with zero attached hydrogens (tertiary/aromatic N) is 4. The second-order valence-electron chi connectivity index (χ2n) is 5.53. The fourth-order valence-electron chi connectivity index (χ4n) is 2.52. The minimum atomic E-state index is -4.42. The maximum Gasteiger partial charge on any atom is 0.445 e. The van der Waals surface area contributed by atoms with Gasteiger partial charge in [0.15, 0.2) is 0 Å². The van der Waals surface area contributed by atoms with E-state index in [2.05, 4.69) is 20.5 Å². The maximum absolute atomic E-state index is 12.6. The molecule has 1 N–H and O–H groups in total. The summed E-state index contributed by atoms with van der Waals surface area (Å²) in [5.74, 6) is 1.16. The van der Waals surface area contributed by atoms with Crippen molar-refractivity contribution in [3.8, 4) is 0 Å². The fraction of sp³-hybridized carbons (Fsp3) is 0.500. The number of anilines is 2. The zero-order valence-electron chi connectivity index (χ0n) is 12.5. The van der Waals surface area contributed by atoms with Gasteiger partial charge < -0.3 is 10.2 Å². The number of nitrogens with one attached hydrogen (secondary N) is 1. The van der Waals surface area contributed by atoms with Gasteiger partial charge in [0.1, 0.15) is 5.82 Å². The molecule has 2 aromatic rings. The van der Waals surface area contributed by atoms with Crippen molar-refractivity contribution in [2.75, 3.05) is 29.9 Å². The van der Waals surface area contributed by atoms with Crippen LogP contribution in [0.3, 0.4) is 0 Å². The summed E-state index contributed by atoms with van der Waals surface area (Å²) < 4.78 is 37.7. The summed E-state index contributed by atoms with van der Waals surface area (Å²) in [5, 5.41) is 9.64. The largest absolute Gasteiger partial charge is 0.445 e. The number of halogens is 3. The van der Waals surface area contributed by atoms with Gasteiger partial charge in [0, 0.05) is 25.3 Å². The number of alkyl halides is 3. The minimum absolute atomic E-state index is 0.341. The third-order valence-corrected chi connectivity index (χ3v) is 4.70. The van der Waals surface area contributed by atoms with E-state index in [4.69, 9.17) is 0 Å². The molecule has 0 amide bonds. The first-order chi connectivity index (χ1) is 10.9. The van der Waals surface area contributed by atoms with Crippen LogP contribution in [0.5, 0.6) is 0 Å². The van der Waals surface area contributed by atoms with Crippen LogP contribution in [0.1, 0.15) is 17.1 Å². The summed E-state index contributed by atoms with van der Waals surface area (Å²) in [7, 11) is 0. The molecule has 0 spiro atoms.